The molecule has 0 bridgehead atoms. The summed E-state index contributed by atoms with van der Waals surface area (Å²) in [5.41, 5.74) is 0. The van der Waals surface area contributed by atoms with Crippen LogP contribution in [0.5, 0.6) is 0 Å². The minimum absolute atomic E-state index is 0.0968. The first-order chi connectivity index (χ1) is 8.28. The van der Waals surface area contributed by atoms with E-state index in [1.807, 2.05) is 0 Å². The summed E-state index contributed by atoms with van der Waals surface area (Å²) < 4.78 is 0. The van der Waals surface area contributed by atoms with Gasteiger partial charge in [0.05, 0.1) is 26.4 Å². The highest BCUT2D eigenvalue weighted by molar-refractivity contribution is 8.05. The molecule has 0 amide bonds. The summed E-state index contributed by atoms with van der Waals surface area (Å²) in [6, 6.07) is 0. The van der Waals surface area contributed by atoms with Gasteiger partial charge < -0.3 is 20.4 Å². The Hall–Kier alpha value is 0.890. The van der Waals surface area contributed by atoms with Crippen LogP contribution in [0.4, 0.5) is 0 Å². The molecule has 0 radical (unpaired) electrons. The highest BCUT2D eigenvalue weighted by Crippen LogP contribution is 2.22. The maximum atomic E-state index is 9.18. The zero-order chi connectivity index (χ0) is 12.9. The lowest BCUT2D eigenvalue weighted by molar-refractivity contribution is 0.296. The lowest BCUT2D eigenvalue weighted by atomic mass is 10.5. The van der Waals surface area contributed by atoms with Crippen molar-refractivity contribution in [1.29, 1.82) is 0 Å². The predicted octanol–water partition coefficient (Wildman–Crippen LogP) is -0.108. The second-order valence-corrected chi connectivity index (χ2v) is 7.23. The van der Waals surface area contributed by atoms with E-state index in [0.29, 0.717) is 11.5 Å². The third-order valence-corrected chi connectivity index (χ3v) is 6.03. The van der Waals surface area contributed by atoms with E-state index >= 15 is 0 Å². The molecular formula is C10H22O4S3. The lowest BCUT2D eigenvalue weighted by Crippen LogP contribution is -2.19. The van der Waals surface area contributed by atoms with Gasteiger partial charge in [-0.05, 0) is 0 Å². The van der Waals surface area contributed by atoms with Crippen LogP contribution < -0.4 is 0 Å². The standard InChI is InChI=1S/C10H22O4S3/c11-1-3-15-7-9(5-13)17-8-10(6-14)16-4-2-12/h9-14H,1-8H2. The van der Waals surface area contributed by atoms with Gasteiger partial charge in [-0.2, -0.15) is 35.3 Å². The van der Waals surface area contributed by atoms with Crippen molar-refractivity contribution in [3.05, 3.63) is 0 Å². The van der Waals surface area contributed by atoms with Crippen LogP contribution >= 0.6 is 35.3 Å². The van der Waals surface area contributed by atoms with Crippen LogP contribution in [0.1, 0.15) is 0 Å². The van der Waals surface area contributed by atoms with Crippen molar-refractivity contribution in [2.45, 2.75) is 10.5 Å². The third kappa shape index (κ3) is 10.5. The van der Waals surface area contributed by atoms with Gasteiger partial charge >= 0.3 is 0 Å². The molecule has 0 aromatic carbocycles. The maximum Gasteiger partial charge on any atom is 0.0558 e. The molecule has 4 N–H and O–H groups in total. The fraction of sp³-hybridized carbons (Fsp3) is 1.00. The third-order valence-electron chi connectivity index (χ3n) is 1.91. The summed E-state index contributed by atoms with van der Waals surface area (Å²) >= 11 is 4.82. The monoisotopic (exact) mass is 302 g/mol. The van der Waals surface area contributed by atoms with Gasteiger partial charge in [-0.1, -0.05) is 0 Å². The number of hydrogen-bond donors (Lipinski definition) is 4. The van der Waals surface area contributed by atoms with Gasteiger partial charge in [0.1, 0.15) is 0 Å². The number of aliphatic hydroxyl groups is 4. The molecule has 0 aromatic rings. The van der Waals surface area contributed by atoms with Gasteiger partial charge in [-0.25, -0.2) is 0 Å². The second kappa shape index (κ2) is 13.3. The van der Waals surface area contributed by atoms with Gasteiger partial charge in [0.15, 0.2) is 0 Å². The molecule has 2 unspecified atom stereocenters. The van der Waals surface area contributed by atoms with Crippen molar-refractivity contribution in [1.82, 2.24) is 0 Å². The molecule has 0 rings (SSSR count). The Balaban J connectivity index is 3.69. The molecule has 0 saturated carbocycles. The Labute approximate surface area is 116 Å². The number of hydrogen-bond acceptors (Lipinski definition) is 7. The van der Waals surface area contributed by atoms with E-state index in [1.165, 1.54) is 0 Å². The molecule has 0 saturated heterocycles. The number of thioether (sulfide) groups is 3. The molecule has 104 valence electrons. The number of aliphatic hydroxyl groups excluding tert-OH is 4. The van der Waals surface area contributed by atoms with Gasteiger partial charge in [0.25, 0.3) is 0 Å². The zero-order valence-corrected chi connectivity index (χ0v) is 12.3. The fourth-order valence-corrected chi connectivity index (χ4v) is 4.25. The van der Waals surface area contributed by atoms with Crippen molar-refractivity contribution in [3.8, 4) is 0 Å². The quantitative estimate of drug-likeness (QED) is 0.375. The zero-order valence-electron chi connectivity index (χ0n) is 9.83. The Morgan fingerprint density at radius 2 is 1.29 bits per heavy atom. The van der Waals surface area contributed by atoms with Crippen LogP contribution in [-0.2, 0) is 0 Å². The molecule has 2 atom stereocenters. The summed E-state index contributed by atoms with van der Waals surface area (Å²) in [6.45, 7) is 0.506. The van der Waals surface area contributed by atoms with Crippen molar-refractivity contribution < 1.29 is 20.4 Å². The summed E-state index contributed by atoms with van der Waals surface area (Å²) in [5, 5.41) is 35.9. The second-order valence-electron chi connectivity index (χ2n) is 3.34. The molecule has 0 heterocycles. The van der Waals surface area contributed by atoms with Crippen molar-refractivity contribution in [3.63, 3.8) is 0 Å². The predicted molar refractivity (Wildman–Crippen MR) is 78.2 cm³/mol. The van der Waals surface area contributed by atoms with E-state index in [9.17, 15) is 5.11 Å². The van der Waals surface area contributed by atoms with E-state index in [2.05, 4.69) is 0 Å². The first kappa shape index (κ1) is 17.9. The average molecular weight is 302 g/mol. The lowest BCUT2D eigenvalue weighted by Gasteiger charge is -2.17. The molecule has 4 nitrogen and oxygen atoms in total. The highest BCUT2D eigenvalue weighted by atomic mass is 32.2. The van der Waals surface area contributed by atoms with E-state index < -0.39 is 0 Å². The van der Waals surface area contributed by atoms with E-state index in [-0.39, 0.29) is 36.9 Å². The molecule has 0 aliphatic carbocycles. The van der Waals surface area contributed by atoms with Crippen LogP contribution in [0.3, 0.4) is 0 Å². The topological polar surface area (TPSA) is 80.9 Å². The molecule has 17 heavy (non-hydrogen) atoms. The summed E-state index contributed by atoms with van der Waals surface area (Å²) in [4.78, 5) is 0. The Bertz CT molecular complexity index is 162. The van der Waals surface area contributed by atoms with Crippen molar-refractivity contribution in [2.24, 2.45) is 0 Å². The summed E-state index contributed by atoms with van der Waals surface area (Å²) in [7, 11) is 0. The smallest absolute Gasteiger partial charge is 0.0558 e. The fourth-order valence-electron chi connectivity index (χ4n) is 1.05. The van der Waals surface area contributed by atoms with Crippen LogP contribution in [0, 0.1) is 0 Å². The minimum atomic E-state index is 0.0968. The first-order valence-corrected chi connectivity index (χ1v) is 8.78. The van der Waals surface area contributed by atoms with Crippen LogP contribution in [-0.4, -0.2) is 80.4 Å². The molecule has 0 aromatic heterocycles. The average Bonchev–Trinajstić information content (AvgIpc) is 2.36. The first-order valence-electron chi connectivity index (χ1n) is 5.52. The largest absolute Gasteiger partial charge is 0.396 e. The van der Waals surface area contributed by atoms with Gasteiger partial charge in [0.2, 0.25) is 0 Å². The van der Waals surface area contributed by atoms with E-state index in [1.54, 1.807) is 35.3 Å². The van der Waals surface area contributed by atoms with Gasteiger partial charge in [-0.15, -0.1) is 0 Å². The molecule has 0 aliphatic heterocycles. The number of rotatable bonds is 12. The minimum Gasteiger partial charge on any atom is -0.396 e. The summed E-state index contributed by atoms with van der Waals surface area (Å²) in [6.07, 6.45) is 0. The normalized spacial score (nSPS) is 14.8. The van der Waals surface area contributed by atoms with Crippen LogP contribution in [0.15, 0.2) is 0 Å². The molecule has 0 spiro atoms. The Kier molecular flexibility index (Phi) is 14.0. The molecule has 7 heteroatoms. The molecule has 0 fully saturated rings. The van der Waals surface area contributed by atoms with Crippen molar-refractivity contribution >= 4 is 35.3 Å². The highest BCUT2D eigenvalue weighted by Gasteiger charge is 2.13. The van der Waals surface area contributed by atoms with Crippen LogP contribution in [0.2, 0.25) is 0 Å². The SMILES string of the molecule is OCCSCC(CO)SCC(CO)SCCO. The van der Waals surface area contributed by atoms with Crippen LogP contribution in [0.25, 0.3) is 0 Å². The molecular weight excluding hydrogens is 280 g/mol. The summed E-state index contributed by atoms with van der Waals surface area (Å²) in [5.74, 6) is 2.91. The van der Waals surface area contributed by atoms with Crippen molar-refractivity contribution in [2.75, 3.05) is 49.4 Å². The van der Waals surface area contributed by atoms with Gasteiger partial charge in [0, 0.05) is 33.5 Å². The maximum absolute atomic E-state index is 9.18. The van der Waals surface area contributed by atoms with E-state index in [0.717, 1.165) is 11.5 Å². The Morgan fingerprint density at radius 1 is 0.706 bits per heavy atom. The Morgan fingerprint density at radius 3 is 1.82 bits per heavy atom. The molecule has 0 aliphatic rings. The van der Waals surface area contributed by atoms with E-state index in [4.69, 9.17) is 15.3 Å². The van der Waals surface area contributed by atoms with Gasteiger partial charge in [-0.3, -0.25) is 0 Å².